The van der Waals surface area contributed by atoms with E-state index in [9.17, 15) is 4.79 Å². The van der Waals surface area contributed by atoms with Crippen molar-refractivity contribution < 1.29 is 9.53 Å². The van der Waals surface area contributed by atoms with Crippen LogP contribution in [0.2, 0.25) is 0 Å². The normalized spacial score (nSPS) is 10.2. The summed E-state index contributed by atoms with van der Waals surface area (Å²) in [6.07, 6.45) is 4.01. The molecule has 1 amide bonds. The SMILES string of the molecule is CCCNc1cnc(C(=O)Nc2ccc(Oc3ccccc3)cc2)cn1. The molecule has 3 aromatic rings. The fraction of sp³-hybridized carbons (Fsp3) is 0.150. The monoisotopic (exact) mass is 348 g/mol. The first-order chi connectivity index (χ1) is 12.7. The Morgan fingerprint density at radius 2 is 1.69 bits per heavy atom. The van der Waals surface area contributed by atoms with Crippen molar-refractivity contribution in [2.75, 3.05) is 17.2 Å². The van der Waals surface area contributed by atoms with Crippen molar-refractivity contribution in [2.24, 2.45) is 0 Å². The molecular formula is C20H20N4O2. The molecule has 26 heavy (non-hydrogen) atoms. The lowest BCUT2D eigenvalue weighted by Crippen LogP contribution is -2.14. The third kappa shape index (κ3) is 4.80. The maximum atomic E-state index is 12.3. The maximum absolute atomic E-state index is 12.3. The molecule has 6 heteroatoms. The van der Waals surface area contributed by atoms with Gasteiger partial charge in [-0.25, -0.2) is 9.97 Å². The van der Waals surface area contributed by atoms with Crippen LogP contribution in [0.1, 0.15) is 23.8 Å². The zero-order valence-electron chi connectivity index (χ0n) is 14.5. The lowest BCUT2D eigenvalue weighted by Gasteiger charge is -2.08. The minimum Gasteiger partial charge on any atom is -0.457 e. The summed E-state index contributed by atoms with van der Waals surface area (Å²) in [4.78, 5) is 20.6. The minimum atomic E-state index is -0.309. The molecule has 2 aromatic carbocycles. The van der Waals surface area contributed by atoms with E-state index in [2.05, 4.69) is 27.5 Å². The molecule has 0 spiro atoms. The Morgan fingerprint density at radius 1 is 0.962 bits per heavy atom. The average Bonchev–Trinajstić information content (AvgIpc) is 2.69. The number of carbonyl (C=O) groups excluding carboxylic acids is 1. The summed E-state index contributed by atoms with van der Waals surface area (Å²) in [6.45, 7) is 2.88. The zero-order valence-corrected chi connectivity index (χ0v) is 14.5. The number of nitrogens with zero attached hydrogens (tertiary/aromatic N) is 2. The van der Waals surface area contributed by atoms with Crippen molar-refractivity contribution in [1.29, 1.82) is 0 Å². The molecule has 0 bridgehead atoms. The van der Waals surface area contributed by atoms with Crippen molar-refractivity contribution in [3.8, 4) is 11.5 Å². The first kappa shape index (κ1) is 17.4. The summed E-state index contributed by atoms with van der Waals surface area (Å²) in [5.74, 6) is 1.80. The van der Waals surface area contributed by atoms with E-state index in [0.29, 0.717) is 17.3 Å². The molecule has 0 radical (unpaired) electrons. The van der Waals surface area contributed by atoms with Gasteiger partial charge in [-0.3, -0.25) is 4.79 Å². The predicted molar refractivity (Wildman–Crippen MR) is 102 cm³/mol. The molecule has 0 aliphatic carbocycles. The molecule has 0 fully saturated rings. The third-order valence-corrected chi connectivity index (χ3v) is 3.53. The highest BCUT2D eigenvalue weighted by atomic mass is 16.5. The maximum Gasteiger partial charge on any atom is 0.275 e. The second-order valence-corrected chi connectivity index (χ2v) is 5.61. The fourth-order valence-corrected chi connectivity index (χ4v) is 2.22. The molecular weight excluding hydrogens is 328 g/mol. The van der Waals surface area contributed by atoms with Crippen molar-refractivity contribution in [3.05, 3.63) is 72.7 Å². The molecule has 1 heterocycles. The quantitative estimate of drug-likeness (QED) is 0.664. The number of aromatic nitrogens is 2. The van der Waals surface area contributed by atoms with Gasteiger partial charge in [-0.05, 0) is 42.8 Å². The van der Waals surface area contributed by atoms with Gasteiger partial charge in [-0.1, -0.05) is 25.1 Å². The van der Waals surface area contributed by atoms with Gasteiger partial charge in [0.15, 0.2) is 0 Å². The van der Waals surface area contributed by atoms with Crippen LogP contribution in [-0.4, -0.2) is 22.4 Å². The van der Waals surface area contributed by atoms with E-state index >= 15 is 0 Å². The van der Waals surface area contributed by atoms with Crippen LogP contribution >= 0.6 is 0 Å². The van der Waals surface area contributed by atoms with Gasteiger partial charge >= 0.3 is 0 Å². The number of hydrogen-bond donors (Lipinski definition) is 2. The molecule has 0 saturated heterocycles. The Balaban J connectivity index is 1.59. The van der Waals surface area contributed by atoms with E-state index < -0.39 is 0 Å². The number of rotatable bonds is 7. The molecule has 0 aliphatic heterocycles. The summed E-state index contributed by atoms with van der Waals surface area (Å²) in [5.41, 5.74) is 0.919. The molecule has 0 atom stereocenters. The first-order valence-electron chi connectivity index (χ1n) is 8.45. The van der Waals surface area contributed by atoms with E-state index in [1.54, 1.807) is 30.5 Å². The van der Waals surface area contributed by atoms with Crippen LogP contribution in [0.3, 0.4) is 0 Å². The third-order valence-electron chi connectivity index (χ3n) is 3.53. The van der Waals surface area contributed by atoms with Gasteiger partial charge in [0, 0.05) is 12.2 Å². The van der Waals surface area contributed by atoms with Crippen LogP contribution in [0, 0.1) is 0 Å². The van der Waals surface area contributed by atoms with Crippen molar-refractivity contribution in [1.82, 2.24) is 9.97 Å². The molecule has 3 rings (SSSR count). The highest BCUT2D eigenvalue weighted by Gasteiger charge is 2.08. The number of para-hydroxylation sites is 1. The molecule has 0 aliphatic rings. The van der Waals surface area contributed by atoms with Crippen molar-refractivity contribution >= 4 is 17.4 Å². The first-order valence-corrected chi connectivity index (χ1v) is 8.45. The summed E-state index contributed by atoms with van der Waals surface area (Å²) in [6, 6.07) is 16.7. The molecule has 1 aromatic heterocycles. The molecule has 2 N–H and O–H groups in total. The van der Waals surface area contributed by atoms with E-state index in [-0.39, 0.29) is 11.6 Å². The van der Waals surface area contributed by atoms with E-state index in [4.69, 9.17) is 4.74 Å². The molecule has 6 nitrogen and oxygen atoms in total. The largest absolute Gasteiger partial charge is 0.457 e. The topological polar surface area (TPSA) is 76.1 Å². The van der Waals surface area contributed by atoms with E-state index in [1.165, 1.54) is 6.20 Å². The molecule has 0 saturated carbocycles. The summed E-state index contributed by atoms with van der Waals surface area (Å²) in [7, 11) is 0. The van der Waals surface area contributed by atoms with Gasteiger partial charge in [-0.2, -0.15) is 0 Å². The predicted octanol–water partition coefficient (Wildman–Crippen LogP) is 4.34. The van der Waals surface area contributed by atoms with Crippen LogP contribution < -0.4 is 15.4 Å². The second kappa shape index (κ2) is 8.62. The van der Waals surface area contributed by atoms with Crippen LogP contribution in [0.4, 0.5) is 11.5 Å². The minimum absolute atomic E-state index is 0.261. The summed E-state index contributed by atoms with van der Waals surface area (Å²) >= 11 is 0. The van der Waals surface area contributed by atoms with Gasteiger partial charge in [0.1, 0.15) is 23.0 Å². The molecule has 132 valence electrons. The van der Waals surface area contributed by atoms with E-state index in [0.717, 1.165) is 18.7 Å². The Labute approximate surface area is 152 Å². The Bertz CT molecular complexity index is 834. The standard InChI is InChI=1S/C20H20N4O2/c1-2-12-21-19-14-22-18(13-23-19)20(25)24-15-8-10-17(11-9-15)26-16-6-4-3-5-7-16/h3-11,13-14H,2,12H2,1H3,(H,21,23)(H,24,25). The van der Waals surface area contributed by atoms with Crippen LogP contribution in [0.5, 0.6) is 11.5 Å². The second-order valence-electron chi connectivity index (χ2n) is 5.61. The van der Waals surface area contributed by atoms with Gasteiger partial charge in [0.2, 0.25) is 0 Å². The summed E-state index contributed by atoms with van der Waals surface area (Å²) < 4.78 is 5.73. The molecule has 0 unspecified atom stereocenters. The lowest BCUT2D eigenvalue weighted by atomic mass is 10.3. The van der Waals surface area contributed by atoms with Crippen LogP contribution in [0.25, 0.3) is 0 Å². The van der Waals surface area contributed by atoms with Crippen LogP contribution in [-0.2, 0) is 0 Å². The fourth-order valence-electron chi connectivity index (χ4n) is 2.22. The average molecular weight is 348 g/mol. The van der Waals surface area contributed by atoms with Gasteiger partial charge < -0.3 is 15.4 Å². The smallest absolute Gasteiger partial charge is 0.275 e. The highest BCUT2D eigenvalue weighted by molar-refractivity contribution is 6.02. The van der Waals surface area contributed by atoms with Crippen LogP contribution in [0.15, 0.2) is 67.0 Å². The number of ether oxygens (including phenoxy) is 1. The number of anilines is 2. The van der Waals surface area contributed by atoms with Crippen molar-refractivity contribution in [3.63, 3.8) is 0 Å². The van der Waals surface area contributed by atoms with Gasteiger partial charge in [-0.15, -0.1) is 0 Å². The zero-order chi connectivity index (χ0) is 18.2. The number of amides is 1. The highest BCUT2D eigenvalue weighted by Crippen LogP contribution is 2.22. The van der Waals surface area contributed by atoms with Gasteiger partial charge in [0.05, 0.1) is 12.4 Å². The Hall–Kier alpha value is -3.41. The Morgan fingerprint density at radius 3 is 2.35 bits per heavy atom. The van der Waals surface area contributed by atoms with Gasteiger partial charge in [0.25, 0.3) is 5.91 Å². The van der Waals surface area contributed by atoms with E-state index in [1.807, 2.05) is 30.3 Å². The summed E-state index contributed by atoms with van der Waals surface area (Å²) in [5, 5.41) is 5.91. The number of carbonyl (C=O) groups is 1. The van der Waals surface area contributed by atoms with Crippen molar-refractivity contribution in [2.45, 2.75) is 13.3 Å². The lowest BCUT2D eigenvalue weighted by molar-refractivity contribution is 0.102. The number of benzene rings is 2. The number of nitrogens with one attached hydrogen (secondary N) is 2. The number of hydrogen-bond acceptors (Lipinski definition) is 5. The Kier molecular flexibility index (Phi) is 5.77.